The highest BCUT2D eigenvalue weighted by Gasteiger charge is 2.20. The van der Waals surface area contributed by atoms with Gasteiger partial charge in [-0.2, -0.15) is 0 Å². The average Bonchev–Trinajstić information content (AvgIpc) is 3.22. The molecule has 2 heterocycles. The maximum Gasteiger partial charge on any atom is 0.191 e. The van der Waals surface area contributed by atoms with E-state index in [1.165, 1.54) is 5.00 Å². The molecule has 0 aliphatic carbocycles. The van der Waals surface area contributed by atoms with Crippen LogP contribution in [0.4, 0.5) is 5.00 Å². The van der Waals surface area contributed by atoms with Gasteiger partial charge in [-0.25, -0.2) is 0 Å². The Hall–Kier alpha value is -1.19. The molecule has 1 saturated heterocycles. The number of nitrogens with zero attached hydrogens (tertiary/aromatic N) is 2. The summed E-state index contributed by atoms with van der Waals surface area (Å²) in [7, 11) is 1.81. The van der Waals surface area contributed by atoms with Crippen molar-refractivity contribution in [1.82, 2.24) is 10.6 Å². The molecule has 1 aromatic carbocycles. The molecule has 3 rings (SSSR count). The molecule has 0 bridgehead atoms. The van der Waals surface area contributed by atoms with Gasteiger partial charge in [-0.15, -0.1) is 35.3 Å². The summed E-state index contributed by atoms with van der Waals surface area (Å²) in [5.74, 6) is 1.64. The van der Waals surface area contributed by atoms with Gasteiger partial charge in [0.15, 0.2) is 5.96 Å². The van der Waals surface area contributed by atoms with Gasteiger partial charge in [0.1, 0.15) is 5.75 Å². The molecule has 154 valence electrons. The van der Waals surface area contributed by atoms with Gasteiger partial charge in [0, 0.05) is 43.3 Å². The summed E-state index contributed by atoms with van der Waals surface area (Å²) >= 11 is 7.89. The second kappa shape index (κ2) is 11.7. The summed E-state index contributed by atoms with van der Waals surface area (Å²) in [5.41, 5.74) is 1.07. The van der Waals surface area contributed by atoms with Gasteiger partial charge < -0.3 is 20.3 Å². The summed E-state index contributed by atoms with van der Waals surface area (Å²) in [6, 6.07) is 10.5. The van der Waals surface area contributed by atoms with Crippen LogP contribution in [0.1, 0.15) is 25.3 Å². The Bertz CT molecular complexity index is 749. The van der Waals surface area contributed by atoms with Crippen LogP contribution in [-0.4, -0.2) is 38.7 Å². The second-order valence-corrected chi connectivity index (χ2v) is 7.83. The molecule has 0 atom stereocenters. The first-order chi connectivity index (χ1) is 13.2. The molecule has 8 heteroatoms. The number of nitrogens with one attached hydrogen (secondary N) is 2. The fourth-order valence-electron chi connectivity index (χ4n) is 3.23. The number of thiophene rings is 1. The van der Waals surface area contributed by atoms with Crippen molar-refractivity contribution in [2.75, 3.05) is 31.6 Å². The van der Waals surface area contributed by atoms with Crippen molar-refractivity contribution in [1.29, 1.82) is 0 Å². The van der Waals surface area contributed by atoms with Crippen LogP contribution in [0.3, 0.4) is 0 Å². The number of ether oxygens (including phenoxy) is 1. The summed E-state index contributed by atoms with van der Waals surface area (Å²) in [6.45, 7) is 5.37. The van der Waals surface area contributed by atoms with Gasteiger partial charge in [-0.1, -0.05) is 17.7 Å². The lowest BCUT2D eigenvalue weighted by Crippen LogP contribution is -2.48. The molecular formula is C20H28ClIN4OS. The predicted molar refractivity (Wildman–Crippen MR) is 131 cm³/mol. The maximum absolute atomic E-state index is 6.08. The van der Waals surface area contributed by atoms with Crippen molar-refractivity contribution in [3.8, 4) is 5.75 Å². The fraction of sp³-hybridized carbons (Fsp3) is 0.450. The Kier molecular flexibility index (Phi) is 9.67. The Balaban J connectivity index is 0.00000280. The Morgan fingerprint density at radius 1 is 1.32 bits per heavy atom. The summed E-state index contributed by atoms with van der Waals surface area (Å²) in [6.07, 6.45) is 2.20. The van der Waals surface area contributed by atoms with Crippen LogP contribution < -0.4 is 20.3 Å². The molecule has 1 aliphatic heterocycles. The fourth-order valence-corrected chi connectivity index (χ4v) is 4.17. The van der Waals surface area contributed by atoms with Crippen LogP contribution in [0.25, 0.3) is 0 Å². The zero-order valence-electron chi connectivity index (χ0n) is 16.3. The van der Waals surface area contributed by atoms with E-state index in [-0.39, 0.29) is 24.0 Å². The van der Waals surface area contributed by atoms with Gasteiger partial charge >= 0.3 is 0 Å². The quantitative estimate of drug-likeness (QED) is 0.319. The lowest BCUT2D eigenvalue weighted by atomic mass is 10.1. The van der Waals surface area contributed by atoms with E-state index >= 15 is 0 Å². The van der Waals surface area contributed by atoms with Crippen molar-refractivity contribution in [2.45, 2.75) is 32.4 Å². The first kappa shape index (κ1) is 23.1. The van der Waals surface area contributed by atoms with Crippen molar-refractivity contribution in [3.05, 3.63) is 46.3 Å². The molecule has 5 nitrogen and oxygen atoms in total. The molecule has 0 spiro atoms. The molecule has 2 aromatic rings. The predicted octanol–water partition coefficient (Wildman–Crippen LogP) is 4.75. The topological polar surface area (TPSA) is 48.9 Å². The van der Waals surface area contributed by atoms with E-state index < -0.39 is 0 Å². The molecule has 0 amide bonds. The summed E-state index contributed by atoms with van der Waals surface area (Å²) in [4.78, 5) is 6.83. The molecule has 1 fully saturated rings. The Labute approximate surface area is 193 Å². The minimum atomic E-state index is 0. The van der Waals surface area contributed by atoms with Crippen molar-refractivity contribution in [2.24, 2.45) is 4.99 Å². The van der Waals surface area contributed by atoms with Gasteiger partial charge in [-0.05, 0) is 49.4 Å². The van der Waals surface area contributed by atoms with Crippen LogP contribution in [0.2, 0.25) is 5.02 Å². The Morgan fingerprint density at radius 2 is 2.11 bits per heavy atom. The van der Waals surface area contributed by atoms with Gasteiger partial charge in [-0.3, -0.25) is 4.99 Å². The lowest BCUT2D eigenvalue weighted by Gasteiger charge is -2.33. The highest BCUT2D eigenvalue weighted by Crippen LogP contribution is 2.25. The van der Waals surface area contributed by atoms with E-state index in [0.717, 1.165) is 43.2 Å². The first-order valence-electron chi connectivity index (χ1n) is 9.36. The van der Waals surface area contributed by atoms with Gasteiger partial charge in [0.25, 0.3) is 0 Å². The third-order valence-electron chi connectivity index (χ3n) is 4.65. The number of halogens is 2. The standard InChI is InChI=1S/C20H27ClN4OS.HI/c1-3-26-18-13-16(21)7-6-15(18)14-23-20(22-2)24-17-8-10-25(11-9-17)19-5-4-12-27-19;/h4-7,12-13,17H,3,8-11,14H2,1-2H3,(H2,22,23,24);1H. The number of guanidine groups is 1. The molecule has 0 radical (unpaired) electrons. The molecular weight excluding hydrogens is 507 g/mol. The first-order valence-corrected chi connectivity index (χ1v) is 10.6. The number of rotatable bonds is 6. The van der Waals surface area contributed by atoms with Crippen LogP contribution in [0.15, 0.2) is 40.7 Å². The van der Waals surface area contributed by atoms with E-state index in [4.69, 9.17) is 16.3 Å². The van der Waals surface area contributed by atoms with E-state index in [1.807, 2.05) is 36.5 Å². The average molecular weight is 535 g/mol. The SMILES string of the molecule is CCOc1cc(Cl)ccc1CNC(=NC)NC1CCN(c2cccs2)CC1.I. The number of piperidine rings is 1. The summed E-state index contributed by atoms with van der Waals surface area (Å²) in [5, 5.41) is 11.1. The number of benzene rings is 1. The monoisotopic (exact) mass is 534 g/mol. The summed E-state index contributed by atoms with van der Waals surface area (Å²) < 4.78 is 5.69. The largest absolute Gasteiger partial charge is 0.493 e. The molecule has 1 aromatic heterocycles. The molecule has 2 N–H and O–H groups in total. The Morgan fingerprint density at radius 3 is 2.75 bits per heavy atom. The van der Waals surface area contributed by atoms with E-state index in [9.17, 15) is 0 Å². The third kappa shape index (κ3) is 6.42. The number of hydrogen-bond acceptors (Lipinski definition) is 4. The highest BCUT2D eigenvalue weighted by molar-refractivity contribution is 14.0. The van der Waals surface area contributed by atoms with E-state index in [2.05, 4.69) is 38.0 Å². The second-order valence-electron chi connectivity index (χ2n) is 6.47. The van der Waals surface area contributed by atoms with Crippen LogP contribution in [0.5, 0.6) is 5.75 Å². The molecule has 0 unspecified atom stereocenters. The molecule has 0 saturated carbocycles. The smallest absolute Gasteiger partial charge is 0.191 e. The van der Waals surface area contributed by atoms with Crippen molar-refractivity contribution in [3.63, 3.8) is 0 Å². The normalized spacial score (nSPS) is 15.1. The third-order valence-corrected chi connectivity index (χ3v) is 5.82. The van der Waals surface area contributed by atoms with Crippen LogP contribution in [-0.2, 0) is 6.54 Å². The van der Waals surface area contributed by atoms with Crippen molar-refractivity contribution >= 4 is 57.9 Å². The van der Waals surface area contributed by atoms with Crippen molar-refractivity contribution < 1.29 is 4.74 Å². The maximum atomic E-state index is 6.08. The number of hydrogen-bond donors (Lipinski definition) is 2. The van der Waals surface area contributed by atoms with E-state index in [0.29, 0.717) is 24.2 Å². The molecule has 28 heavy (non-hydrogen) atoms. The van der Waals surface area contributed by atoms with Gasteiger partial charge in [0.05, 0.1) is 11.6 Å². The lowest BCUT2D eigenvalue weighted by molar-refractivity contribution is 0.336. The number of anilines is 1. The zero-order chi connectivity index (χ0) is 19.1. The highest BCUT2D eigenvalue weighted by atomic mass is 127. The number of aliphatic imine (C=N–C) groups is 1. The van der Waals surface area contributed by atoms with Crippen LogP contribution >= 0.6 is 46.9 Å². The van der Waals surface area contributed by atoms with Gasteiger partial charge in [0.2, 0.25) is 0 Å². The minimum Gasteiger partial charge on any atom is -0.493 e. The molecule has 1 aliphatic rings. The minimum absolute atomic E-state index is 0. The van der Waals surface area contributed by atoms with E-state index in [1.54, 1.807) is 7.05 Å². The zero-order valence-corrected chi connectivity index (χ0v) is 20.2. The van der Waals surface area contributed by atoms with Crippen LogP contribution in [0, 0.1) is 0 Å².